The van der Waals surface area contributed by atoms with Crippen LogP contribution in [-0.2, 0) is 27.8 Å². The van der Waals surface area contributed by atoms with Crippen LogP contribution in [0.15, 0.2) is 35.5 Å². The topological polar surface area (TPSA) is 134 Å². The molecule has 196 valence electrons. The largest absolute Gasteiger partial charge is 0.465 e. The number of ether oxygens (including phenoxy) is 1. The van der Waals surface area contributed by atoms with Crippen LogP contribution >= 0.6 is 0 Å². The van der Waals surface area contributed by atoms with Crippen molar-refractivity contribution in [1.29, 1.82) is 5.26 Å². The summed E-state index contributed by atoms with van der Waals surface area (Å²) in [6.07, 6.45) is -0.753. The van der Waals surface area contributed by atoms with E-state index in [4.69, 9.17) is 15.1 Å². The maximum Gasteiger partial charge on any atom is 0.417 e. The molecule has 2 aliphatic carbocycles. The molecule has 13 heteroatoms. The minimum Gasteiger partial charge on any atom is -0.465 e. The average Bonchev–Trinajstić information content (AvgIpc) is 3.17. The number of carboxylic acid groups (broad SMARTS) is 1. The second-order valence-electron chi connectivity index (χ2n) is 8.79. The molecule has 1 amide bonds. The second-order valence-corrected chi connectivity index (χ2v) is 11.0. The molecule has 2 aliphatic rings. The van der Waals surface area contributed by atoms with Crippen molar-refractivity contribution in [2.24, 2.45) is 7.05 Å². The number of rotatable bonds is 6. The van der Waals surface area contributed by atoms with Crippen molar-refractivity contribution >= 4 is 15.9 Å². The maximum atomic E-state index is 13.7. The van der Waals surface area contributed by atoms with Crippen LogP contribution < -0.4 is 5.32 Å². The Morgan fingerprint density at radius 2 is 2.03 bits per heavy atom. The van der Waals surface area contributed by atoms with E-state index in [1.807, 2.05) is 6.07 Å². The van der Waals surface area contributed by atoms with Gasteiger partial charge < -0.3 is 15.2 Å². The van der Waals surface area contributed by atoms with Gasteiger partial charge in [0, 0.05) is 25.4 Å². The number of nitrogens with one attached hydrogen (secondary N) is 1. The molecule has 2 aromatic rings. The van der Waals surface area contributed by atoms with E-state index in [2.05, 4.69) is 10.4 Å². The molecule has 0 bridgehead atoms. The number of aromatic nitrogens is 2. The fourth-order valence-corrected chi connectivity index (χ4v) is 6.11. The molecule has 9 nitrogen and oxygen atoms in total. The summed E-state index contributed by atoms with van der Waals surface area (Å²) in [7, 11) is -2.46. The molecule has 2 fully saturated rings. The van der Waals surface area contributed by atoms with Crippen molar-refractivity contribution in [3.8, 4) is 17.2 Å². The van der Waals surface area contributed by atoms with E-state index < -0.39 is 43.4 Å². The first kappa shape index (κ1) is 27.5. The van der Waals surface area contributed by atoms with Gasteiger partial charge in [-0.2, -0.15) is 23.5 Å². The molecule has 0 spiro atoms. The Kier molecular flexibility index (Phi) is 8.00. The lowest BCUT2D eigenvalue weighted by atomic mass is 10.1. The Hall–Kier alpha value is -3.11. The van der Waals surface area contributed by atoms with Gasteiger partial charge in [0.05, 0.1) is 34.1 Å². The average molecular weight is 529 g/mol. The monoisotopic (exact) mass is 528 g/mol. The highest BCUT2D eigenvalue weighted by atomic mass is 32.2. The first-order valence-electron chi connectivity index (χ1n) is 11.3. The third kappa shape index (κ3) is 6.36. The summed E-state index contributed by atoms with van der Waals surface area (Å²) in [5.74, 6) is 0. The number of benzene rings is 1. The molecule has 4 rings (SSSR count). The fourth-order valence-electron chi connectivity index (χ4n) is 4.09. The van der Waals surface area contributed by atoms with E-state index in [9.17, 15) is 26.4 Å². The minimum absolute atomic E-state index is 0.220. The van der Waals surface area contributed by atoms with E-state index in [0.29, 0.717) is 37.9 Å². The van der Waals surface area contributed by atoms with E-state index in [1.165, 1.54) is 16.9 Å². The SMILES string of the molecule is CCO[C@H]1CC[C@H](S(=O)(=O)c2ccc(-c3cnn(C)c3)cc2C(F)(F)F)C1.N#CC1(NC(=O)O)CC1. The number of aryl methyl sites for hydroxylation is 1. The van der Waals surface area contributed by atoms with Gasteiger partial charge in [-0.25, -0.2) is 13.2 Å². The molecule has 1 heterocycles. The van der Waals surface area contributed by atoms with Gasteiger partial charge in [-0.05, 0) is 56.7 Å². The van der Waals surface area contributed by atoms with E-state index >= 15 is 0 Å². The summed E-state index contributed by atoms with van der Waals surface area (Å²) < 4.78 is 73.7. The quantitative estimate of drug-likeness (QED) is 0.575. The number of nitrogens with zero attached hydrogens (tertiary/aromatic N) is 3. The zero-order valence-electron chi connectivity index (χ0n) is 19.7. The standard InChI is InChI=1S/C18H21F3N2O3S.C5H6N2O2/c1-3-26-14-5-6-15(9-14)27(24,25)17-7-4-12(8-16(17)18(19,20)21)13-10-22-23(2)11-13;6-3-5(1-2-5)7-4(8)9/h4,7-8,10-11,14-15H,3,5-6,9H2,1-2H3;7H,1-2H2,(H,8,9)/t14-,15-;/m0./s1. The Morgan fingerprint density at radius 1 is 1.33 bits per heavy atom. The summed E-state index contributed by atoms with van der Waals surface area (Å²) >= 11 is 0. The Labute approximate surface area is 206 Å². The molecular formula is C23H27F3N4O5S. The van der Waals surface area contributed by atoms with Gasteiger partial charge in [0.2, 0.25) is 0 Å². The van der Waals surface area contributed by atoms with Gasteiger partial charge in [0.25, 0.3) is 0 Å². The molecular weight excluding hydrogens is 501 g/mol. The summed E-state index contributed by atoms with van der Waals surface area (Å²) in [6.45, 7) is 2.26. The van der Waals surface area contributed by atoms with Crippen LogP contribution in [-0.4, -0.2) is 52.9 Å². The van der Waals surface area contributed by atoms with Crippen molar-refractivity contribution in [3.05, 3.63) is 36.2 Å². The van der Waals surface area contributed by atoms with Crippen LogP contribution in [0.25, 0.3) is 11.1 Å². The molecule has 2 saturated carbocycles. The Morgan fingerprint density at radius 3 is 2.50 bits per heavy atom. The predicted molar refractivity (Wildman–Crippen MR) is 123 cm³/mol. The number of hydrogen-bond acceptors (Lipinski definition) is 6. The second kappa shape index (κ2) is 10.5. The van der Waals surface area contributed by atoms with Crippen molar-refractivity contribution in [2.75, 3.05) is 6.61 Å². The van der Waals surface area contributed by atoms with Gasteiger partial charge in [-0.1, -0.05) is 6.07 Å². The van der Waals surface area contributed by atoms with Crippen molar-refractivity contribution in [1.82, 2.24) is 15.1 Å². The van der Waals surface area contributed by atoms with Gasteiger partial charge in [0.1, 0.15) is 5.54 Å². The zero-order chi connectivity index (χ0) is 26.7. The first-order chi connectivity index (χ1) is 16.8. The van der Waals surface area contributed by atoms with Crippen LogP contribution in [0, 0.1) is 11.3 Å². The number of amides is 1. The van der Waals surface area contributed by atoms with E-state index in [-0.39, 0.29) is 18.1 Å². The normalized spacial score (nSPS) is 20.7. The fraction of sp³-hybridized carbons (Fsp3) is 0.522. The molecule has 2 N–H and O–H groups in total. The van der Waals surface area contributed by atoms with E-state index in [1.54, 1.807) is 20.2 Å². The lowest BCUT2D eigenvalue weighted by Crippen LogP contribution is -2.33. The van der Waals surface area contributed by atoms with Crippen LogP contribution in [0.5, 0.6) is 0 Å². The highest BCUT2D eigenvalue weighted by molar-refractivity contribution is 7.92. The third-order valence-electron chi connectivity index (χ3n) is 6.12. The zero-order valence-corrected chi connectivity index (χ0v) is 20.6. The summed E-state index contributed by atoms with van der Waals surface area (Å²) in [5.41, 5.74) is -1.10. The number of nitriles is 1. The summed E-state index contributed by atoms with van der Waals surface area (Å²) in [5, 5.41) is 21.7. The van der Waals surface area contributed by atoms with Crippen molar-refractivity contribution < 1.29 is 36.2 Å². The van der Waals surface area contributed by atoms with Crippen molar-refractivity contribution in [3.63, 3.8) is 0 Å². The van der Waals surface area contributed by atoms with Crippen LogP contribution in [0.1, 0.15) is 44.6 Å². The van der Waals surface area contributed by atoms with Crippen LogP contribution in [0.2, 0.25) is 0 Å². The van der Waals surface area contributed by atoms with E-state index in [0.717, 1.165) is 12.1 Å². The molecule has 1 aromatic carbocycles. The Balaban J connectivity index is 0.000000338. The minimum atomic E-state index is -4.78. The number of hydrogen-bond donors (Lipinski definition) is 2. The molecule has 1 aromatic heterocycles. The maximum absolute atomic E-state index is 13.7. The number of sulfone groups is 1. The summed E-state index contributed by atoms with van der Waals surface area (Å²) in [6, 6.07) is 5.24. The molecule has 0 aliphatic heterocycles. The highest BCUT2D eigenvalue weighted by Gasteiger charge is 2.45. The molecule has 2 atom stereocenters. The molecule has 0 saturated heterocycles. The van der Waals surface area contributed by atoms with Gasteiger partial charge in [-0.15, -0.1) is 0 Å². The number of carbonyl (C=O) groups is 1. The third-order valence-corrected chi connectivity index (χ3v) is 8.39. The van der Waals surface area contributed by atoms with Crippen LogP contribution in [0.3, 0.4) is 0 Å². The van der Waals surface area contributed by atoms with Gasteiger partial charge >= 0.3 is 12.3 Å². The smallest absolute Gasteiger partial charge is 0.417 e. The van der Waals surface area contributed by atoms with Crippen molar-refractivity contribution in [2.45, 2.75) is 67.0 Å². The Bertz CT molecular complexity index is 1250. The van der Waals surface area contributed by atoms with Gasteiger partial charge in [0.15, 0.2) is 9.84 Å². The van der Waals surface area contributed by atoms with Crippen LogP contribution in [0.4, 0.5) is 18.0 Å². The lowest BCUT2D eigenvalue weighted by molar-refractivity contribution is -0.139. The molecule has 0 radical (unpaired) electrons. The number of halogens is 3. The molecule has 36 heavy (non-hydrogen) atoms. The lowest BCUT2D eigenvalue weighted by Gasteiger charge is -2.18. The molecule has 0 unspecified atom stereocenters. The predicted octanol–water partition coefficient (Wildman–Crippen LogP) is 4.15. The first-order valence-corrected chi connectivity index (χ1v) is 12.8. The van der Waals surface area contributed by atoms with Gasteiger partial charge in [-0.3, -0.25) is 4.68 Å². The highest BCUT2D eigenvalue weighted by Crippen LogP contribution is 2.40. The summed E-state index contributed by atoms with van der Waals surface area (Å²) in [4.78, 5) is 9.29. The number of alkyl halides is 3.